The molecule has 1 aliphatic rings. The molecule has 27 heavy (non-hydrogen) atoms. The highest BCUT2D eigenvalue weighted by atomic mass is 16.4. The molecule has 4 rings (SSSR count). The minimum absolute atomic E-state index is 0.202. The van der Waals surface area contributed by atoms with Crippen LogP contribution in [0.15, 0.2) is 41.1 Å². The first kappa shape index (κ1) is 17.8. The van der Waals surface area contributed by atoms with Crippen molar-refractivity contribution >= 4 is 11.6 Å². The van der Waals surface area contributed by atoms with Crippen molar-refractivity contribution in [2.45, 2.75) is 45.7 Å². The monoisotopic (exact) mass is 366 g/mol. The van der Waals surface area contributed by atoms with Crippen LogP contribution in [0.2, 0.25) is 0 Å². The van der Waals surface area contributed by atoms with E-state index in [1.54, 1.807) is 6.07 Å². The molecule has 3 aromatic rings. The lowest BCUT2D eigenvalue weighted by Gasteiger charge is -2.31. The zero-order valence-electron chi connectivity index (χ0n) is 15.9. The summed E-state index contributed by atoms with van der Waals surface area (Å²) in [6, 6.07) is 7.90. The minimum atomic E-state index is -0.208. The molecule has 6 heteroatoms. The zero-order valence-corrected chi connectivity index (χ0v) is 15.9. The van der Waals surface area contributed by atoms with Gasteiger partial charge in [-0.15, -0.1) is 0 Å². The number of imidazole rings is 1. The normalized spacial score (nSPS) is 16.5. The van der Waals surface area contributed by atoms with Crippen molar-refractivity contribution in [3.05, 3.63) is 59.4 Å². The van der Waals surface area contributed by atoms with Gasteiger partial charge in [0.1, 0.15) is 11.4 Å². The molecule has 0 saturated carbocycles. The van der Waals surface area contributed by atoms with Gasteiger partial charge in [-0.25, -0.2) is 4.98 Å². The molecular formula is C21H26N4O2. The Morgan fingerprint density at radius 3 is 2.85 bits per heavy atom. The van der Waals surface area contributed by atoms with Gasteiger partial charge >= 0.3 is 0 Å². The quantitative estimate of drug-likeness (QED) is 0.748. The van der Waals surface area contributed by atoms with Crippen molar-refractivity contribution in [3.63, 3.8) is 0 Å². The number of nitrogens with one attached hydrogen (secondary N) is 1. The van der Waals surface area contributed by atoms with Gasteiger partial charge < -0.3 is 14.1 Å². The highest BCUT2D eigenvalue weighted by molar-refractivity contribution is 5.91. The lowest BCUT2D eigenvalue weighted by Crippen LogP contribution is -2.32. The van der Waals surface area contributed by atoms with E-state index < -0.39 is 0 Å². The first-order valence-electron chi connectivity index (χ1n) is 9.67. The summed E-state index contributed by atoms with van der Waals surface area (Å²) in [6.07, 6.45) is 7.67. The van der Waals surface area contributed by atoms with Crippen LogP contribution >= 0.6 is 0 Å². The number of hydrogen-bond donors (Lipinski definition) is 1. The molecule has 0 spiro atoms. The number of carbonyl (C=O) groups is 1. The van der Waals surface area contributed by atoms with E-state index in [9.17, 15) is 4.79 Å². The SMILES string of the molecule is Cc1cccn2cc(CNC(=O)c3ccc([C@H](C)N4CCCCC4)o3)nc12. The third kappa shape index (κ3) is 3.76. The molecule has 0 bridgehead atoms. The summed E-state index contributed by atoms with van der Waals surface area (Å²) in [5.74, 6) is 1.00. The number of aromatic nitrogens is 2. The molecule has 0 aliphatic carbocycles. The summed E-state index contributed by atoms with van der Waals surface area (Å²) in [4.78, 5) is 19.5. The molecule has 142 valence electrons. The molecule has 1 saturated heterocycles. The number of aryl methyl sites for hydroxylation is 1. The third-order valence-electron chi connectivity index (χ3n) is 5.36. The van der Waals surface area contributed by atoms with Crippen molar-refractivity contribution in [3.8, 4) is 0 Å². The van der Waals surface area contributed by atoms with Crippen LogP contribution in [0.4, 0.5) is 0 Å². The maximum atomic E-state index is 12.5. The molecule has 6 nitrogen and oxygen atoms in total. The van der Waals surface area contributed by atoms with Crippen molar-refractivity contribution < 1.29 is 9.21 Å². The fraction of sp³-hybridized carbons (Fsp3) is 0.429. The van der Waals surface area contributed by atoms with Gasteiger partial charge in [-0.3, -0.25) is 9.69 Å². The molecule has 1 aliphatic heterocycles. The zero-order chi connectivity index (χ0) is 18.8. The number of nitrogens with zero attached hydrogens (tertiary/aromatic N) is 3. The average molecular weight is 366 g/mol. The number of fused-ring (bicyclic) bond motifs is 1. The van der Waals surface area contributed by atoms with Crippen LogP contribution in [0.3, 0.4) is 0 Å². The smallest absolute Gasteiger partial charge is 0.287 e. The van der Waals surface area contributed by atoms with Crippen molar-refractivity contribution in [1.82, 2.24) is 19.6 Å². The number of piperidine rings is 1. The molecule has 1 amide bonds. The fourth-order valence-electron chi connectivity index (χ4n) is 3.73. The predicted octanol–water partition coefficient (Wildman–Crippen LogP) is 3.71. The average Bonchev–Trinajstić information content (AvgIpc) is 3.34. The van der Waals surface area contributed by atoms with Crippen LogP contribution < -0.4 is 5.32 Å². The van der Waals surface area contributed by atoms with Crippen LogP contribution in [0.5, 0.6) is 0 Å². The third-order valence-corrected chi connectivity index (χ3v) is 5.36. The van der Waals surface area contributed by atoms with Crippen LogP contribution in [-0.4, -0.2) is 33.3 Å². The first-order chi connectivity index (χ1) is 13.1. The van der Waals surface area contributed by atoms with E-state index in [1.807, 2.05) is 41.9 Å². The molecular weight excluding hydrogens is 340 g/mol. The molecule has 4 heterocycles. The molecule has 3 aromatic heterocycles. The molecule has 1 atom stereocenters. The Morgan fingerprint density at radius 1 is 1.26 bits per heavy atom. The standard InChI is InChI=1S/C21H26N4O2/c1-15-7-6-12-25-14-17(23-20(15)25)13-22-21(26)19-9-8-18(27-19)16(2)24-10-4-3-5-11-24/h6-9,12,14,16H,3-5,10-11,13H2,1-2H3,(H,22,26)/t16-/m0/s1. The molecule has 0 aromatic carbocycles. The molecule has 1 N–H and O–H groups in total. The van der Waals surface area contributed by atoms with Crippen molar-refractivity contribution in [1.29, 1.82) is 0 Å². The van der Waals surface area contributed by atoms with Gasteiger partial charge in [0.2, 0.25) is 0 Å². The predicted molar refractivity (Wildman–Crippen MR) is 104 cm³/mol. The Morgan fingerprint density at radius 2 is 2.07 bits per heavy atom. The van der Waals surface area contributed by atoms with Gasteiger partial charge in [-0.1, -0.05) is 12.5 Å². The van der Waals surface area contributed by atoms with Crippen molar-refractivity contribution in [2.75, 3.05) is 13.1 Å². The number of furan rings is 1. The Balaban J connectivity index is 1.39. The fourth-order valence-corrected chi connectivity index (χ4v) is 3.73. The van der Waals surface area contributed by atoms with Gasteiger partial charge in [0.05, 0.1) is 18.3 Å². The van der Waals surface area contributed by atoms with Crippen molar-refractivity contribution in [2.24, 2.45) is 0 Å². The van der Waals surface area contributed by atoms with Crippen LogP contribution in [0, 0.1) is 6.92 Å². The molecule has 0 radical (unpaired) electrons. The van der Waals surface area contributed by atoms with Gasteiger partial charge in [0.15, 0.2) is 5.76 Å². The highest BCUT2D eigenvalue weighted by Gasteiger charge is 2.22. The number of hydrogen-bond acceptors (Lipinski definition) is 4. The summed E-state index contributed by atoms with van der Waals surface area (Å²) in [6.45, 7) is 6.73. The van der Waals surface area contributed by atoms with Gasteiger partial charge in [-0.2, -0.15) is 0 Å². The second-order valence-electron chi connectivity index (χ2n) is 7.31. The molecule has 0 unspecified atom stereocenters. The second-order valence-corrected chi connectivity index (χ2v) is 7.31. The number of amides is 1. The number of carbonyl (C=O) groups excluding carboxylic acids is 1. The highest BCUT2D eigenvalue weighted by Crippen LogP contribution is 2.25. The first-order valence-corrected chi connectivity index (χ1v) is 9.67. The topological polar surface area (TPSA) is 62.8 Å². The van der Waals surface area contributed by atoms with Gasteiger partial charge in [-0.05, 0) is 63.5 Å². The van der Waals surface area contributed by atoms with Crippen LogP contribution in [0.25, 0.3) is 5.65 Å². The van der Waals surface area contributed by atoms with E-state index in [4.69, 9.17) is 4.42 Å². The van der Waals surface area contributed by atoms with Crippen LogP contribution in [0.1, 0.15) is 59.8 Å². The van der Waals surface area contributed by atoms with E-state index in [2.05, 4.69) is 22.1 Å². The Bertz CT molecular complexity index is 937. The summed E-state index contributed by atoms with van der Waals surface area (Å²) < 4.78 is 7.82. The minimum Gasteiger partial charge on any atom is -0.454 e. The van der Waals surface area contributed by atoms with Crippen LogP contribution in [-0.2, 0) is 6.54 Å². The summed E-state index contributed by atoms with van der Waals surface area (Å²) in [5, 5.41) is 2.91. The summed E-state index contributed by atoms with van der Waals surface area (Å²) in [5.41, 5.74) is 2.85. The maximum absolute atomic E-state index is 12.5. The number of pyridine rings is 1. The number of rotatable bonds is 5. The Kier molecular flexibility index (Phi) is 4.99. The maximum Gasteiger partial charge on any atom is 0.287 e. The Hall–Kier alpha value is -2.60. The van der Waals surface area contributed by atoms with E-state index >= 15 is 0 Å². The van der Waals surface area contributed by atoms with Gasteiger partial charge in [0.25, 0.3) is 5.91 Å². The van der Waals surface area contributed by atoms with E-state index in [-0.39, 0.29) is 11.9 Å². The van der Waals surface area contributed by atoms with Gasteiger partial charge in [0, 0.05) is 12.4 Å². The second kappa shape index (κ2) is 7.56. The van der Waals surface area contributed by atoms with E-state index in [0.29, 0.717) is 12.3 Å². The van der Waals surface area contributed by atoms with E-state index in [0.717, 1.165) is 35.8 Å². The number of likely N-dealkylation sites (tertiary alicyclic amines) is 1. The Labute approximate surface area is 159 Å². The lowest BCUT2D eigenvalue weighted by atomic mass is 10.1. The largest absolute Gasteiger partial charge is 0.454 e. The molecule has 1 fully saturated rings. The lowest BCUT2D eigenvalue weighted by molar-refractivity contribution is 0.0913. The summed E-state index contributed by atoms with van der Waals surface area (Å²) >= 11 is 0. The van der Waals surface area contributed by atoms with E-state index in [1.165, 1.54) is 19.3 Å². The summed E-state index contributed by atoms with van der Waals surface area (Å²) in [7, 11) is 0.